The lowest BCUT2D eigenvalue weighted by Crippen LogP contribution is -2.39. The van der Waals surface area contributed by atoms with E-state index in [1.165, 1.54) is 23.1 Å². The zero-order valence-electron chi connectivity index (χ0n) is 13.1. The molecule has 1 aromatic carbocycles. The van der Waals surface area contributed by atoms with Crippen LogP contribution in [0.1, 0.15) is 15.4 Å². The summed E-state index contributed by atoms with van der Waals surface area (Å²) >= 11 is 8.54. The minimum Gasteiger partial charge on any atom is -0.481 e. The average Bonchev–Trinajstić information content (AvgIpc) is 3.31. The number of fused-ring (bicyclic) bond motifs is 1. The van der Waals surface area contributed by atoms with Crippen LogP contribution in [0.15, 0.2) is 52.3 Å². The number of hydrogen-bond donors (Lipinski definition) is 2. The number of rotatable bonds is 4. The molecular weight excluding hydrogens is 394 g/mol. The van der Waals surface area contributed by atoms with E-state index in [-0.39, 0.29) is 5.76 Å². The first kappa shape index (κ1) is 17.2. The van der Waals surface area contributed by atoms with Crippen molar-refractivity contribution in [1.82, 2.24) is 5.32 Å². The van der Waals surface area contributed by atoms with Gasteiger partial charge in [-0.2, -0.15) is 0 Å². The van der Waals surface area contributed by atoms with Gasteiger partial charge in [0.1, 0.15) is 11.5 Å². The molecule has 0 bridgehead atoms. The van der Waals surface area contributed by atoms with Crippen molar-refractivity contribution < 1.29 is 19.1 Å². The highest BCUT2D eigenvalue weighted by atomic mass is 35.5. The van der Waals surface area contributed by atoms with E-state index in [9.17, 15) is 14.7 Å². The molecule has 26 heavy (non-hydrogen) atoms. The van der Waals surface area contributed by atoms with Gasteiger partial charge >= 0.3 is 5.97 Å². The molecule has 2 N–H and O–H groups in total. The maximum Gasteiger partial charge on any atom is 0.314 e. The fourth-order valence-electron chi connectivity index (χ4n) is 2.82. The van der Waals surface area contributed by atoms with Gasteiger partial charge in [0.2, 0.25) is 0 Å². The van der Waals surface area contributed by atoms with Crippen LogP contribution in [-0.2, 0) is 4.79 Å². The number of furan rings is 1. The molecule has 0 saturated carbocycles. The summed E-state index contributed by atoms with van der Waals surface area (Å²) in [5.74, 6) is -2.14. The molecule has 3 aromatic rings. The second-order valence-corrected chi connectivity index (χ2v) is 8.40. The zero-order chi connectivity index (χ0) is 18.3. The number of thiophene rings is 1. The van der Waals surface area contributed by atoms with Crippen molar-refractivity contribution in [1.29, 1.82) is 0 Å². The summed E-state index contributed by atoms with van der Waals surface area (Å²) < 4.78 is 6.14. The monoisotopic (exact) mass is 405 g/mol. The van der Waals surface area contributed by atoms with E-state index in [2.05, 4.69) is 5.32 Å². The molecule has 0 spiro atoms. The summed E-state index contributed by atoms with van der Waals surface area (Å²) in [5.41, 5.74) is 1.26. The topological polar surface area (TPSA) is 79.5 Å². The Morgan fingerprint density at radius 2 is 2.00 bits per heavy atom. The van der Waals surface area contributed by atoms with E-state index in [1.807, 2.05) is 18.2 Å². The van der Waals surface area contributed by atoms with Crippen LogP contribution < -0.4 is 5.32 Å². The molecule has 132 valence electrons. The molecule has 1 amide bonds. The first-order valence-corrected chi connectivity index (χ1v) is 9.80. The molecule has 5 nitrogen and oxygen atoms in total. The highest BCUT2D eigenvalue weighted by Gasteiger charge is 2.39. The Kier molecular flexibility index (Phi) is 4.52. The number of nitrogens with one attached hydrogen (secondary N) is 1. The minimum atomic E-state index is -0.999. The quantitative estimate of drug-likeness (QED) is 0.658. The highest BCUT2D eigenvalue weighted by molar-refractivity contribution is 8.03. The van der Waals surface area contributed by atoms with E-state index in [0.29, 0.717) is 15.5 Å². The Morgan fingerprint density at radius 3 is 2.69 bits per heavy atom. The summed E-state index contributed by atoms with van der Waals surface area (Å²) in [4.78, 5) is 25.1. The largest absolute Gasteiger partial charge is 0.481 e. The Labute approximate surface area is 161 Å². The summed E-state index contributed by atoms with van der Waals surface area (Å²) in [5, 5.41) is 14.4. The van der Waals surface area contributed by atoms with Crippen molar-refractivity contribution in [2.45, 2.75) is 5.37 Å². The number of hydrogen-bond acceptors (Lipinski definition) is 5. The number of carbonyl (C=O) groups is 2. The molecule has 0 radical (unpaired) electrons. The maximum absolute atomic E-state index is 12.5. The van der Waals surface area contributed by atoms with Gasteiger partial charge in [-0.05, 0) is 35.2 Å². The zero-order valence-corrected chi connectivity index (χ0v) is 15.5. The molecule has 0 saturated heterocycles. The highest BCUT2D eigenvalue weighted by Crippen LogP contribution is 2.43. The van der Waals surface area contributed by atoms with Crippen molar-refractivity contribution in [3.8, 4) is 0 Å². The number of aliphatic carboxylic acids is 1. The molecule has 4 rings (SSSR count). The van der Waals surface area contributed by atoms with E-state index < -0.39 is 23.2 Å². The third-order valence-corrected chi connectivity index (χ3v) is 6.38. The Morgan fingerprint density at radius 1 is 1.19 bits per heavy atom. The number of carbonyl (C=O) groups excluding carboxylic acids is 1. The maximum atomic E-state index is 12.5. The van der Waals surface area contributed by atoms with Crippen molar-refractivity contribution in [2.24, 2.45) is 5.92 Å². The number of thioether (sulfide) groups is 1. The first-order valence-electron chi connectivity index (χ1n) is 7.66. The Bertz CT molecular complexity index is 1010. The van der Waals surface area contributed by atoms with Crippen LogP contribution in [0.25, 0.3) is 16.5 Å². The number of benzene rings is 1. The van der Waals surface area contributed by atoms with Gasteiger partial charge in [-0.15, -0.1) is 23.1 Å². The van der Waals surface area contributed by atoms with E-state index in [1.54, 1.807) is 29.7 Å². The number of amides is 1. The van der Waals surface area contributed by atoms with Crippen molar-refractivity contribution >= 4 is 63.1 Å². The molecular formula is C18H12ClNO4S2. The van der Waals surface area contributed by atoms with Gasteiger partial charge in [0, 0.05) is 10.3 Å². The molecule has 2 atom stereocenters. The predicted octanol–water partition coefficient (Wildman–Crippen LogP) is 4.69. The van der Waals surface area contributed by atoms with E-state index >= 15 is 0 Å². The molecule has 1 aliphatic heterocycles. The number of carboxylic acids is 1. The van der Waals surface area contributed by atoms with Crippen LogP contribution >= 0.6 is 34.7 Å². The third kappa shape index (κ3) is 3.13. The molecule has 0 fully saturated rings. The second-order valence-electron chi connectivity index (χ2n) is 5.67. The molecule has 0 aliphatic carbocycles. The van der Waals surface area contributed by atoms with Gasteiger partial charge in [0.25, 0.3) is 5.91 Å². The molecule has 2 aromatic heterocycles. The van der Waals surface area contributed by atoms with E-state index in [4.69, 9.17) is 16.0 Å². The van der Waals surface area contributed by atoms with Gasteiger partial charge in [-0.3, -0.25) is 9.59 Å². The molecule has 1 aliphatic rings. The van der Waals surface area contributed by atoms with Gasteiger partial charge in [-0.25, -0.2) is 0 Å². The van der Waals surface area contributed by atoms with Crippen molar-refractivity contribution in [2.75, 3.05) is 0 Å². The molecule has 2 unspecified atom stereocenters. The Hall–Kier alpha value is -2.22. The standard InChI is InChI=1S/C18H12ClNO4S2/c19-14-6-5-13(26-14)10-8-25-17(15(10)18(22)23)20-16(21)12-7-9-3-1-2-4-11(9)24-12/h1-8,15,17H,(H,20,21)(H,22,23). The summed E-state index contributed by atoms with van der Waals surface area (Å²) in [6.45, 7) is 0. The summed E-state index contributed by atoms with van der Waals surface area (Å²) in [6.07, 6.45) is 0. The van der Waals surface area contributed by atoms with Crippen LogP contribution in [0, 0.1) is 5.92 Å². The van der Waals surface area contributed by atoms with Gasteiger partial charge < -0.3 is 14.8 Å². The Balaban J connectivity index is 1.55. The average molecular weight is 406 g/mol. The fourth-order valence-corrected chi connectivity index (χ4v) is 5.15. The smallest absolute Gasteiger partial charge is 0.314 e. The lowest BCUT2D eigenvalue weighted by atomic mass is 9.99. The first-order chi connectivity index (χ1) is 12.5. The summed E-state index contributed by atoms with van der Waals surface area (Å²) in [6, 6.07) is 12.5. The number of para-hydroxylation sites is 1. The summed E-state index contributed by atoms with van der Waals surface area (Å²) in [7, 11) is 0. The van der Waals surface area contributed by atoms with Crippen molar-refractivity contribution in [3.63, 3.8) is 0 Å². The van der Waals surface area contributed by atoms with E-state index in [0.717, 1.165) is 10.3 Å². The van der Waals surface area contributed by atoms with Crippen molar-refractivity contribution in [3.05, 3.63) is 62.8 Å². The number of halogens is 1. The third-order valence-electron chi connectivity index (χ3n) is 4.03. The lowest BCUT2D eigenvalue weighted by molar-refractivity contribution is -0.139. The van der Waals surface area contributed by atoms with Crippen LogP contribution in [0.5, 0.6) is 0 Å². The van der Waals surface area contributed by atoms with Gasteiger partial charge in [0.05, 0.1) is 9.71 Å². The van der Waals surface area contributed by atoms with Crippen LogP contribution in [0.3, 0.4) is 0 Å². The fraction of sp³-hybridized carbons (Fsp3) is 0.111. The van der Waals surface area contributed by atoms with Crippen LogP contribution in [-0.4, -0.2) is 22.4 Å². The normalized spacial score (nSPS) is 19.5. The predicted molar refractivity (Wildman–Crippen MR) is 103 cm³/mol. The van der Waals surface area contributed by atoms with Crippen LogP contribution in [0.2, 0.25) is 4.34 Å². The second kappa shape index (κ2) is 6.83. The minimum absolute atomic E-state index is 0.156. The molecule has 3 heterocycles. The number of carboxylic acid groups (broad SMARTS) is 1. The SMILES string of the molecule is O=C(NC1SC=C(c2ccc(Cl)s2)C1C(=O)O)c1cc2ccccc2o1. The molecule has 8 heteroatoms. The van der Waals surface area contributed by atoms with Gasteiger partial charge in [-0.1, -0.05) is 29.8 Å². The van der Waals surface area contributed by atoms with Crippen LogP contribution in [0.4, 0.5) is 0 Å². The lowest BCUT2D eigenvalue weighted by Gasteiger charge is -2.18. The van der Waals surface area contributed by atoms with Gasteiger partial charge in [0.15, 0.2) is 5.76 Å².